The molecule has 90 valence electrons. The van der Waals surface area contributed by atoms with Gasteiger partial charge in [0.25, 0.3) is 0 Å². The van der Waals surface area contributed by atoms with Crippen LogP contribution in [0, 0.1) is 0 Å². The second-order valence-corrected chi connectivity index (χ2v) is 4.61. The lowest BCUT2D eigenvalue weighted by Crippen LogP contribution is -2.45. The van der Waals surface area contributed by atoms with E-state index in [9.17, 15) is 0 Å². The van der Waals surface area contributed by atoms with Gasteiger partial charge in [-0.05, 0) is 32.7 Å². The molecule has 0 amide bonds. The molecule has 0 aromatic carbocycles. The summed E-state index contributed by atoms with van der Waals surface area (Å²) in [5, 5.41) is 0. The number of rotatable bonds is 5. The number of nitrogens with two attached hydrogens (primary N) is 1. The topological polar surface area (TPSA) is 38.5 Å². The molecular weight excluding hydrogens is 188 g/mol. The highest BCUT2D eigenvalue weighted by Gasteiger charge is 2.23. The van der Waals surface area contributed by atoms with E-state index in [2.05, 4.69) is 11.8 Å². The predicted octanol–water partition coefficient (Wildman–Crippen LogP) is 1.61. The Kier molecular flexibility index (Phi) is 6.22. The second kappa shape index (κ2) is 7.20. The highest BCUT2D eigenvalue weighted by atomic mass is 16.5. The third kappa shape index (κ3) is 4.09. The lowest BCUT2D eigenvalue weighted by atomic mass is 10.1. The standard InChI is InChI=1S/C12H26N2O/c1-11(7-9-15-2)14-8-5-3-4-6-12(14)10-13/h11-12H,3-10,13H2,1-2H3. The van der Waals surface area contributed by atoms with Crippen molar-refractivity contribution in [3.05, 3.63) is 0 Å². The van der Waals surface area contributed by atoms with Gasteiger partial charge in [-0.3, -0.25) is 4.90 Å². The molecule has 0 aliphatic carbocycles. The zero-order valence-electron chi connectivity index (χ0n) is 10.2. The van der Waals surface area contributed by atoms with Crippen LogP contribution >= 0.6 is 0 Å². The Bertz CT molecular complexity index is 164. The van der Waals surface area contributed by atoms with E-state index in [-0.39, 0.29) is 0 Å². The molecule has 1 saturated heterocycles. The number of nitrogens with zero attached hydrogens (tertiary/aromatic N) is 1. The van der Waals surface area contributed by atoms with Gasteiger partial charge in [0.1, 0.15) is 0 Å². The molecule has 3 heteroatoms. The van der Waals surface area contributed by atoms with E-state index in [1.54, 1.807) is 7.11 Å². The van der Waals surface area contributed by atoms with Crippen LogP contribution in [0.2, 0.25) is 0 Å². The van der Waals surface area contributed by atoms with E-state index in [0.29, 0.717) is 12.1 Å². The van der Waals surface area contributed by atoms with Crippen molar-refractivity contribution in [2.45, 2.75) is 51.1 Å². The first-order valence-electron chi connectivity index (χ1n) is 6.24. The molecule has 0 saturated carbocycles. The lowest BCUT2D eigenvalue weighted by Gasteiger charge is -2.34. The van der Waals surface area contributed by atoms with Gasteiger partial charge >= 0.3 is 0 Å². The summed E-state index contributed by atoms with van der Waals surface area (Å²) in [6, 6.07) is 1.20. The van der Waals surface area contributed by atoms with Crippen LogP contribution in [0.25, 0.3) is 0 Å². The van der Waals surface area contributed by atoms with E-state index < -0.39 is 0 Å². The molecule has 2 atom stereocenters. The molecule has 0 aromatic rings. The summed E-state index contributed by atoms with van der Waals surface area (Å²) in [5.41, 5.74) is 5.86. The number of hydrogen-bond acceptors (Lipinski definition) is 3. The van der Waals surface area contributed by atoms with Gasteiger partial charge in [0.15, 0.2) is 0 Å². The molecule has 0 aromatic heterocycles. The van der Waals surface area contributed by atoms with Crippen molar-refractivity contribution in [1.29, 1.82) is 0 Å². The Balaban J connectivity index is 2.45. The molecular formula is C12H26N2O. The SMILES string of the molecule is COCCC(C)N1CCCCCC1CN. The molecule has 2 N–H and O–H groups in total. The van der Waals surface area contributed by atoms with Crippen molar-refractivity contribution in [3.63, 3.8) is 0 Å². The average molecular weight is 214 g/mol. The minimum atomic E-state index is 0.597. The van der Waals surface area contributed by atoms with Gasteiger partial charge in [0.05, 0.1) is 0 Å². The third-order valence-electron chi connectivity index (χ3n) is 3.50. The molecule has 1 fully saturated rings. The van der Waals surface area contributed by atoms with E-state index in [4.69, 9.17) is 10.5 Å². The first-order chi connectivity index (χ1) is 7.29. The summed E-state index contributed by atoms with van der Waals surface area (Å²) in [7, 11) is 1.77. The maximum Gasteiger partial charge on any atom is 0.0477 e. The quantitative estimate of drug-likeness (QED) is 0.755. The minimum Gasteiger partial charge on any atom is -0.385 e. The van der Waals surface area contributed by atoms with Crippen molar-refractivity contribution in [2.75, 3.05) is 26.8 Å². The Morgan fingerprint density at radius 3 is 2.87 bits per heavy atom. The fraction of sp³-hybridized carbons (Fsp3) is 1.00. The third-order valence-corrected chi connectivity index (χ3v) is 3.50. The van der Waals surface area contributed by atoms with Crippen LogP contribution in [0.3, 0.4) is 0 Å². The van der Waals surface area contributed by atoms with Gasteiger partial charge < -0.3 is 10.5 Å². The fourth-order valence-corrected chi connectivity index (χ4v) is 2.49. The number of hydrogen-bond donors (Lipinski definition) is 1. The Hall–Kier alpha value is -0.120. The maximum atomic E-state index is 5.86. The van der Waals surface area contributed by atoms with Crippen LogP contribution in [0.1, 0.15) is 39.0 Å². The summed E-state index contributed by atoms with van der Waals surface area (Å²) in [6.07, 6.45) is 6.42. The Labute approximate surface area is 94.0 Å². The van der Waals surface area contributed by atoms with Crippen LogP contribution in [-0.4, -0.2) is 43.8 Å². The normalized spacial score (nSPS) is 26.2. The van der Waals surface area contributed by atoms with E-state index in [0.717, 1.165) is 19.6 Å². The van der Waals surface area contributed by atoms with Crippen molar-refractivity contribution < 1.29 is 4.74 Å². The van der Waals surface area contributed by atoms with Crippen LogP contribution in [-0.2, 0) is 4.74 Å². The lowest BCUT2D eigenvalue weighted by molar-refractivity contribution is 0.109. The smallest absolute Gasteiger partial charge is 0.0477 e. The van der Waals surface area contributed by atoms with E-state index >= 15 is 0 Å². The summed E-state index contributed by atoms with van der Waals surface area (Å²) >= 11 is 0. The van der Waals surface area contributed by atoms with Crippen LogP contribution in [0.5, 0.6) is 0 Å². The molecule has 1 aliphatic rings. The molecule has 1 aliphatic heterocycles. The Morgan fingerprint density at radius 1 is 1.40 bits per heavy atom. The molecule has 15 heavy (non-hydrogen) atoms. The van der Waals surface area contributed by atoms with Crippen LogP contribution in [0.15, 0.2) is 0 Å². The molecule has 1 heterocycles. The maximum absolute atomic E-state index is 5.86. The number of methoxy groups -OCH3 is 1. The van der Waals surface area contributed by atoms with Crippen molar-refractivity contribution in [2.24, 2.45) is 5.73 Å². The molecule has 1 rings (SSSR count). The monoisotopic (exact) mass is 214 g/mol. The van der Waals surface area contributed by atoms with Crippen molar-refractivity contribution in [1.82, 2.24) is 4.90 Å². The molecule has 0 radical (unpaired) electrons. The molecule has 2 unspecified atom stereocenters. The van der Waals surface area contributed by atoms with Gasteiger partial charge in [-0.2, -0.15) is 0 Å². The van der Waals surface area contributed by atoms with Gasteiger partial charge in [0.2, 0.25) is 0 Å². The first-order valence-corrected chi connectivity index (χ1v) is 6.24. The first kappa shape index (κ1) is 12.9. The molecule has 3 nitrogen and oxygen atoms in total. The Morgan fingerprint density at radius 2 is 2.20 bits per heavy atom. The van der Waals surface area contributed by atoms with E-state index in [1.807, 2.05) is 0 Å². The highest BCUT2D eigenvalue weighted by Crippen LogP contribution is 2.19. The largest absolute Gasteiger partial charge is 0.385 e. The fourth-order valence-electron chi connectivity index (χ4n) is 2.49. The predicted molar refractivity (Wildman–Crippen MR) is 64.0 cm³/mol. The summed E-state index contributed by atoms with van der Waals surface area (Å²) in [6.45, 7) is 5.17. The van der Waals surface area contributed by atoms with Gasteiger partial charge in [0, 0.05) is 32.3 Å². The van der Waals surface area contributed by atoms with Crippen molar-refractivity contribution in [3.8, 4) is 0 Å². The molecule has 0 bridgehead atoms. The summed E-state index contributed by atoms with van der Waals surface area (Å²) in [5.74, 6) is 0. The van der Waals surface area contributed by atoms with E-state index in [1.165, 1.54) is 32.2 Å². The van der Waals surface area contributed by atoms with Crippen LogP contribution < -0.4 is 5.73 Å². The zero-order valence-corrected chi connectivity index (χ0v) is 10.2. The molecule has 0 spiro atoms. The minimum absolute atomic E-state index is 0.597. The van der Waals surface area contributed by atoms with Gasteiger partial charge in [-0.25, -0.2) is 0 Å². The number of likely N-dealkylation sites (tertiary alicyclic amines) is 1. The average Bonchev–Trinajstić information content (AvgIpc) is 2.50. The summed E-state index contributed by atoms with van der Waals surface area (Å²) < 4.78 is 5.15. The number of ether oxygens (including phenoxy) is 1. The second-order valence-electron chi connectivity index (χ2n) is 4.61. The highest BCUT2D eigenvalue weighted by molar-refractivity contribution is 4.80. The van der Waals surface area contributed by atoms with Crippen molar-refractivity contribution >= 4 is 0 Å². The van der Waals surface area contributed by atoms with Gasteiger partial charge in [-0.15, -0.1) is 0 Å². The van der Waals surface area contributed by atoms with Gasteiger partial charge in [-0.1, -0.05) is 12.8 Å². The zero-order chi connectivity index (χ0) is 11.1. The van der Waals surface area contributed by atoms with Crippen LogP contribution in [0.4, 0.5) is 0 Å². The summed E-state index contributed by atoms with van der Waals surface area (Å²) in [4.78, 5) is 2.59.